The highest BCUT2D eigenvalue weighted by molar-refractivity contribution is 9.10. The second-order valence-corrected chi connectivity index (χ2v) is 4.64. The van der Waals surface area contributed by atoms with Crippen molar-refractivity contribution in [2.45, 2.75) is 0 Å². The van der Waals surface area contributed by atoms with Crippen molar-refractivity contribution in [2.24, 2.45) is 0 Å². The molecule has 0 aliphatic rings. The van der Waals surface area contributed by atoms with Crippen LogP contribution in [-0.2, 0) is 0 Å². The summed E-state index contributed by atoms with van der Waals surface area (Å²) in [5.74, 6) is 2.36. The highest BCUT2D eigenvalue weighted by Crippen LogP contribution is 2.42. The lowest BCUT2D eigenvalue weighted by Gasteiger charge is -2.14. The molecule has 0 aromatic heterocycles. The summed E-state index contributed by atoms with van der Waals surface area (Å²) in [6.45, 7) is 0. The van der Waals surface area contributed by atoms with Crippen LogP contribution in [0.25, 0.3) is 0 Å². The van der Waals surface area contributed by atoms with Gasteiger partial charge in [-0.25, -0.2) is 0 Å². The summed E-state index contributed by atoms with van der Waals surface area (Å²) in [5, 5.41) is 0. The SMILES string of the molecule is COc1cccc(OC)c1Oc1ccc(N)cc1Br. The molecule has 0 amide bonds. The number of anilines is 1. The zero-order valence-electron chi connectivity index (χ0n) is 10.6. The third kappa shape index (κ3) is 2.93. The topological polar surface area (TPSA) is 53.7 Å². The van der Waals surface area contributed by atoms with Crippen LogP contribution in [0.15, 0.2) is 40.9 Å². The van der Waals surface area contributed by atoms with Crippen LogP contribution < -0.4 is 19.9 Å². The molecular weight excluding hydrogens is 310 g/mol. The van der Waals surface area contributed by atoms with Crippen molar-refractivity contribution >= 4 is 21.6 Å². The molecule has 2 N–H and O–H groups in total. The molecule has 5 heteroatoms. The zero-order chi connectivity index (χ0) is 13.8. The molecule has 0 unspecified atom stereocenters. The molecule has 0 saturated carbocycles. The van der Waals surface area contributed by atoms with E-state index in [0.29, 0.717) is 28.7 Å². The van der Waals surface area contributed by atoms with Gasteiger partial charge in [-0.05, 0) is 46.3 Å². The maximum absolute atomic E-state index is 5.86. The third-order valence-electron chi connectivity index (χ3n) is 2.55. The Labute approximate surface area is 120 Å². The number of halogens is 1. The van der Waals surface area contributed by atoms with Crippen LogP contribution in [0.2, 0.25) is 0 Å². The molecule has 2 aromatic rings. The first-order valence-electron chi connectivity index (χ1n) is 5.59. The van der Waals surface area contributed by atoms with E-state index in [-0.39, 0.29) is 0 Å². The van der Waals surface area contributed by atoms with E-state index in [1.807, 2.05) is 18.2 Å². The average molecular weight is 324 g/mol. The molecule has 0 atom stereocenters. The van der Waals surface area contributed by atoms with Crippen molar-refractivity contribution in [3.8, 4) is 23.0 Å². The molecule has 2 rings (SSSR count). The Morgan fingerprint density at radius 2 is 1.58 bits per heavy atom. The minimum absolute atomic E-state index is 0.526. The van der Waals surface area contributed by atoms with Crippen LogP contribution in [0, 0.1) is 0 Å². The largest absolute Gasteiger partial charge is 0.493 e. The van der Waals surface area contributed by atoms with E-state index in [1.54, 1.807) is 32.4 Å². The van der Waals surface area contributed by atoms with Gasteiger partial charge in [0.2, 0.25) is 5.75 Å². The van der Waals surface area contributed by atoms with E-state index >= 15 is 0 Å². The smallest absolute Gasteiger partial charge is 0.211 e. The molecule has 0 radical (unpaired) electrons. The summed E-state index contributed by atoms with van der Waals surface area (Å²) in [7, 11) is 3.17. The van der Waals surface area contributed by atoms with E-state index in [1.165, 1.54) is 0 Å². The minimum Gasteiger partial charge on any atom is -0.493 e. The van der Waals surface area contributed by atoms with Crippen molar-refractivity contribution in [3.05, 3.63) is 40.9 Å². The van der Waals surface area contributed by atoms with Gasteiger partial charge in [-0.1, -0.05) is 6.07 Å². The number of hydrogen-bond acceptors (Lipinski definition) is 4. The number of methoxy groups -OCH3 is 2. The minimum atomic E-state index is 0.526. The van der Waals surface area contributed by atoms with Crippen LogP contribution in [0.5, 0.6) is 23.0 Å². The van der Waals surface area contributed by atoms with Crippen molar-refractivity contribution in [2.75, 3.05) is 20.0 Å². The lowest BCUT2D eigenvalue weighted by molar-refractivity contribution is 0.345. The van der Waals surface area contributed by atoms with Gasteiger partial charge in [0.05, 0.1) is 18.7 Å². The summed E-state index contributed by atoms with van der Waals surface area (Å²) in [6, 6.07) is 10.8. The predicted molar refractivity (Wildman–Crippen MR) is 78.2 cm³/mol. The molecule has 19 heavy (non-hydrogen) atoms. The zero-order valence-corrected chi connectivity index (χ0v) is 12.2. The van der Waals surface area contributed by atoms with E-state index in [4.69, 9.17) is 19.9 Å². The van der Waals surface area contributed by atoms with E-state index in [0.717, 1.165) is 4.47 Å². The van der Waals surface area contributed by atoms with Crippen molar-refractivity contribution in [1.82, 2.24) is 0 Å². The average Bonchev–Trinajstić information content (AvgIpc) is 2.42. The van der Waals surface area contributed by atoms with Crippen molar-refractivity contribution < 1.29 is 14.2 Å². The highest BCUT2D eigenvalue weighted by atomic mass is 79.9. The summed E-state index contributed by atoms with van der Waals surface area (Å²) in [4.78, 5) is 0. The molecule has 0 saturated heterocycles. The van der Waals surface area contributed by atoms with Gasteiger partial charge >= 0.3 is 0 Å². The molecule has 0 spiro atoms. The van der Waals surface area contributed by atoms with E-state index in [9.17, 15) is 0 Å². The number of para-hydroxylation sites is 1. The van der Waals surface area contributed by atoms with E-state index in [2.05, 4.69) is 15.9 Å². The first-order chi connectivity index (χ1) is 9.15. The summed E-state index contributed by atoms with van der Waals surface area (Å²) >= 11 is 3.41. The lowest BCUT2D eigenvalue weighted by Crippen LogP contribution is -1.95. The predicted octanol–water partition coefficient (Wildman–Crippen LogP) is 3.84. The molecular formula is C14H14BrNO3. The van der Waals surface area contributed by atoms with Crippen LogP contribution in [0.3, 0.4) is 0 Å². The van der Waals surface area contributed by atoms with Crippen LogP contribution in [-0.4, -0.2) is 14.2 Å². The molecule has 100 valence electrons. The summed E-state index contributed by atoms with van der Waals surface area (Å²) in [6.07, 6.45) is 0. The first-order valence-corrected chi connectivity index (χ1v) is 6.39. The van der Waals surface area contributed by atoms with Crippen LogP contribution in [0.4, 0.5) is 5.69 Å². The van der Waals surface area contributed by atoms with Crippen LogP contribution >= 0.6 is 15.9 Å². The highest BCUT2D eigenvalue weighted by Gasteiger charge is 2.13. The Hall–Kier alpha value is -1.88. The second-order valence-electron chi connectivity index (χ2n) is 3.78. The quantitative estimate of drug-likeness (QED) is 0.868. The second kappa shape index (κ2) is 5.84. The summed E-state index contributed by atoms with van der Waals surface area (Å²) < 4.78 is 17.2. The molecule has 2 aromatic carbocycles. The number of ether oxygens (including phenoxy) is 3. The molecule has 0 bridgehead atoms. The maximum atomic E-state index is 5.86. The number of hydrogen-bond donors (Lipinski definition) is 1. The number of benzene rings is 2. The normalized spacial score (nSPS) is 10.1. The Morgan fingerprint density at radius 1 is 0.947 bits per heavy atom. The Bertz CT molecular complexity index is 565. The maximum Gasteiger partial charge on any atom is 0.211 e. The fourth-order valence-electron chi connectivity index (χ4n) is 1.63. The third-order valence-corrected chi connectivity index (χ3v) is 3.17. The van der Waals surface area contributed by atoms with Gasteiger partial charge in [-0.15, -0.1) is 0 Å². The van der Waals surface area contributed by atoms with Gasteiger partial charge < -0.3 is 19.9 Å². The molecule has 0 heterocycles. The summed E-state index contributed by atoms with van der Waals surface area (Å²) in [5.41, 5.74) is 6.36. The van der Waals surface area contributed by atoms with Gasteiger partial charge in [0.1, 0.15) is 5.75 Å². The molecule has 0 fully saturated rings. The van der Waals surface area contributed by atoms with Gasteiger partial charge in [-0.2, -0.15) is 0 Å². The lowest BCUT2D eigenvalue weighted by atomic mass is 10.2. The molecule has 0 aliphatic heterocycles. The Balaban J connectivity index is 2.42. The number of nitrogens with two attached hydrogens (primary N) is 1. The van der Waals surface area contributed by atoms with Gasteiger partial charge in [0, 0.05) is 5.69 Å². The first kappa shape index (κ1) is 13.5. The van der Waals surface area contributed by atoms with Crippen molar-refractivity contribution in [3.63, 3.8) is 0 Å². The Kier molecular flexibility index (Phi) is 4.16. The van der Waals surface area contributed by atoms with Gasteiger partial charge in [-0.3, -0.25) is 0 Å². The fourth-order valence-corrected chi connectivity index (χ4v) is 2.11. The van der Waals surface area contributed by atoms with Gasteiger partial charge in [0.25, 0.3) is 0 Å². The number of rotatable bonds is 4. The van der Waals surface area contributed by atoms with Crippen molar-refractivity contribution in [1.29, 1.82) is 0 Å². The monoisotopic (exact) mass is 323 g/mol. The molecule has 4 nitrogen and oxygen atoms in total. The number of nitrogen functional groups attached to an aromatic ring is 1. The molecule has 0 aliphatic carbocycles. The van der Waals surface area contributed by atoms with Crippen LogP contribution in [0.1, 0.15) is 0 Å². The van der Waals surface area contributed by atoms with Gasteiger partial charge in [0.15, 0.2) is 11.5 Å². The fraction of sp³-hybridized carbons (Fsp3) is 0.143. The standard InChI is InChI=1S/C14H14BrNO3/c1-17-12-4-3-5-13(18-2)14(12)19-11-7-6-9(16)8-10(11)15/h3-8H,16H2,1-2H3. The Morgan fingerprint density at radius 3 is 2.11 bits per heavy atom. The van der Waals surface area contributed by atoms with E-state index < -0.39 is 0 Å².